The van der Waals surface area contributed by atoms with Gasteiger partial charge in [0.05, 0.1) is 17.9 Å². The third-order valence-electron chi connectivity index (χ3n) is 7.97. The van der Waals surface area contributed by atoms with E-state index in [-0.39, 0.29) is 23.9 Å². The Morgan fingerprint density at radius 2 is 1.90 bits per heavy atom. The fourth-order valence-electron chi connectivity index (χ4n) is 6.09. The summed E-state index contributed by atoms with van der Waals surface area (Å²) in [5.41, 5.74) is -0.0948. The number of H-pyrrole nitrogens is 1. The fraction of sp³-hybridized carbons (Fsp3) is 0.621. The average molecular weight is 543 g/mol. The van der Waals surface area contributed by atoms with Gasteiger partial charge >= 0.3 is 12.2 Å². The van der Waals surface area contributed by atoms with E-state index in [9.17, 15) is 9.59 Å². The number of aromatic nitrogens is 2. The van der Waals surface area contributed by atoms with Gasteiger partial charge in [-0.25, -0.2) is 19.0 Å². The van der Waals surface area contributed by atoms with E-state index in [4.69, 9.17) is 19.2 Å². The highest BCUT2D eigenvalue weighted by Gasteiger charge is 2.48. The number of ether oxygens (including phenoxy) is 3. The van der Waals surface area contributed by atoms with Crippen LogP contribution in [0.5, 0.6) is 5.75 Å². The molecule has 5 rings (SSSR count). The number of carbonyl (C=O) groups is 2. The molecule has 2 fully saturated rings. The minimum atomic E-state index is -0.753. The molecule has 3 aliphatic rings. The summed E-state index contributed by atoms with van der Waals surface area (Å²) >= 11 is 0. The van der Waals surface area contributed by atoms with Crippen LogP contribution in [-0.4, -0.2) is 69.3 Å². The van der Waals surface area contributed by atoms with Gasteiger partial charge < -0.3 is 29.0 Å². The van der Waals surface area contributed by atoms with Crippen LogP contribution in [0.4, 0.5) is 14.0 Å². The lowest BCUT2D eigenvalue weighted by Gasteiger charge is -2.45. The van der Waals surface area contributed by atoms with Gasteiger partial charge in [0.15, 0.2) is 5.60 Å². The Hall–Kier alpha value is -3.30. The van der Waals surface area contributed by atoms with Gasteiger partial charge in [0, 0.05) is 43.9 Å². The fourth-order valence-corrected chi connectivity index (χ4v) is 6.09. The highest BCUT2D eigenvalue weighted by molar-refractivity contribution is 5.74. The summed E-state index contributed by atoms with van der Waals surface area (Å²) in [6.07, 6.45) is 1.77. The molecule has 0 aliphatic carbocycles. The number of fused-ring (bicyclic) bond motifs is 4. The van der Waals surface area contributed by atoms with Gasteiger partial charge in [-0.3, -0.25) is 0 Å². The molecule has 9 nitrogen and oxygen atoms in total. The maximum atomic E-state index is 15.1. The van der Waals surface area contributed by atoms with Crippen molar-refractivity contribution in [2.45, 2.75) is 89.9 Å². The van der Waals surface area contributed by atoms with Crippen LogP contribution in [0.15, 0.2) is 18.2 Å². The van der Waals surface area contributed by atoms with E-state index in [1.165, 1.54) is 6.07 Å². The first-order chi connectivity index (χ1) is 18.3. The number of amides is 2. The van der Waals surface area contributed by atoms with Crippen molar-refractivity contribution in [2.75, 3.05) is 26.2 Å². The summed E-state index contributed by atoms with van der Waals surface area (Å²) in [7, 11) is 0. The van der Waals surface area contributed by atoms with E-state index >= 15 is 4.39 Å². The topological polar surface area (TPSA) is 97.0 Å². The lowest BCUT2D eigenvalue weighted by atomic mass is 9.82. The SMILES string of the molecule is CCOC(=O)N1CCC2(CC1)Oc1cccc(F)c1-c1nc(C3CCN(C(=O)OC(C)(C)C)C(C)(C)C3)[nH]c12. The van der Waals surface area contributed by atoms with E-state index in [1.54, 1.807) is 28.9 Å². The summed E-state index contributed by atoms with van der Waals surface area (Å²) < 4.78 is 32.5. The first-order valence-electron chi connectivity index (χ1n) is 13.8. The monoisotopic (exact) mass is 542 g/mol. The smallest absolute Gasteiger partial charge is 0.410 e. The first-order valence-corrected chi connectivity index (χ1v) is 13.8. The van der Waals surface area contributed by atoms with E-state index in [2.05, 4.69) is 4.98 Å². The third kappa shape index (κ3) is 5.05. The zero-order valence-electron chi connectivity index (χ0n) is 23.7. The number of carbonyl (C=O) groups excluding carboxylic acids is 2. The molecule has 0 saturated carbocycles. The van der Waals surface area contributed by atoms with Gasteiger partial charge in [-0.15, -0.1) is 0 Å². The Bertz CT molecular complexity index is 1260. The Balaban J connectivity index is 1.45. The number of hydrogen-bond acceptors (Lipinski definition) is 6. The number of nitrogens with one attached hydrogen (secondary N) is 1. The summed E-state index contributed by atoms with van der Waals surface area (Å²) in [5.74, 6) is 0.885. The molecule has 1 aromatic carbocycles. The maximum Gasteiger partial charge on any atom is 0.410 e. The number of aromatic amines is 1. The molecule has 1 spiro atoms. The molecule has 2 aromatic rings. The van der Waals surface area contributed by atoms with Gasteiger partial charge in [0.1, 0.15) is 28.7 Å². The molecule has 2 amide bonds. The van der Waals surface area contributed by atoms with E-state index in [0.29, 0.717) is 68.9 Å². The Morgan fingerprint density at radius 1 is 1.18 bits per heavy atom. The van der Waals surface area contributed by atoms with Gasteiger partial charge in [-0.1, -0.05) is 6.07 Å². The van der Waals surface area contributed by atoms with Crippen molar-refractivity contribution in [1.29, 1.82) is 0 Å². The van der Waals surface area contributed by atoms with Crippen LogP contribution in [0.2, 0.25) is 0 Å². The normalized spacial score (nSPS) is 21.6. The predicted molar refractivity (Wildman–Crippen MR) is 143 cm³/mol. The highest BCUT2D eigenvalue weighted by Crippen LogP contribution is 2.50. The number of likely N-dealkylation sites (tertiary alicyclic amines) is 2. The predicted octanol–water partition coefficient (Wildman–Crippen LogP) is 5.95. The number of imidazole rings is 1. The van der Waals surface area contributed by atoms with Crippen molar-refractivity contribution in [3.63, 3.8) is 0 Å². The second-order valence-electron chi connectivity index (χ2n) is 12.4. The molecule has 0 radical (unpaired) electrons. The third-order valence-corrected chi connectivity index (χ3v) is 7.97. The second kappa shape index (κ2) is 9.71. The molecule has 1 N–H and O–H groups in total. The molecule has 3 aliphatic heterocycles. The Morgan fingerprint density at radius 3 is 2.54 bits per heavy atom. The quantitative estimate of drug-likeness (QED) is 0.504. The van der Waals surface area contributed by atoms with Crippen LogP contribution >= 0.6 is 0 Å². The molecule has 1 atom stereocenters. The number of rotatable bonds is 2. The first kappa shape index (κ1) is 27.3. The van der Waals surface area contributed by atoms with Crippen LogP contribution < -0.4 is 4.74 Å². The molecule has 10 heteroatoms. The average Bonchev–Trinajstić information content (AvgIpc) is 3.29. The number of benzene rings is 1. The van der Waals surface area contributed by atoms with Crippen LogP contribution in [0.1, 0.15) is 84.7 Å². The van der Waals surface area contributed by atoms with Gasteiger partial charge in [0.2, 0.25) is 0 Å². The van der Waals surface area contributed by atoms with Crippen molar-refractivity contribution in [1.82, 2.24) is 19.8 Å². The summed E-state index contributed by atoms with van der Waals surface area (Å²) in [5, 5.41) is 0. The van der Waals surface area contributed by atoms with E-state index in [1.807, 2.05) is 34.6 Å². The van der Waals surface area contributed by atoms with Crippen LogP contribution in [0, 0.1) is 5.82 Å². The van der Waals surface area contributed by atoms with Crippen LogP contribution in [0.3, 0.4) is 0 Å². The van der Waals surface area contributed by atoms with Crippen LogP contribution in [0.25, 0.3) is 11.3 Å². The maximum absolute atomic E-state index is 15.1. The van der Waals surface area contributed by atoms with Gasteiger partial charge in [-0.05, 0) is 66.5 Å². The van der Waals surface area contributed by atoms with Gasteiger partial charge in [0.25, 0.3) is 0 Å². The van der Waals surface area contributed by atoms with Crippen molar-refractivity contribution in [3.05, 3.63) is 35.5 Å². The van der Waals surface area contributed by atoms with Gasteiger partial charge in [-0.2, -0.15) is 0 Å². The molecule has 4 heterocycles. The largest absolute Gasteiger partial charge is 0.480 e. The van der Waals surface area contributed by atoms with Crippen molar-refractivity contribution in [2.24, 2.45) is 0 Å². The molecule has 212 valence electrons. The summed E-state index contributed by atoms with van der Waals surface area (Å²) in [4.78, 5) is 37.3. The van der Waals surface area contributed by atoms with E-state index in [0.717, 1.165) is 11.5 Å². The summed E-state index contributed by atoms with van der Waals surface area (Å²) in [6, 6.07) is 4.84. The molecule has 2 saturated heterocycles. The number of halogens is 1. The zero-order chi connectivity index (χ0) is 28.2. The highest BCUT2D eigenvalue weighted by atomic mass is 19.1. The zero-order valence-corrected chi connectivity index (χ0v) is 23.7. The molecular formula is C29H39FN4O5. The second-order valence-corrected chi connectivity index (χ2v) is 12.4. The lowest BCUT2D eigenvalue weighted by Crippen LogP contribution is -2.53. The number of nitrogens with zero attached hydrogens (tertiary/aromatic N) is 3. The molecule has 1 aromatic heterocycles. The molecule has 1 unspecified atom stereocenters. The number of piperidine rings is 2. The molecule has 0 bridgehead atoms. The number of hydrogen-bond donors (Lipinski definition) is 1. The lowest BCUT2D eigenvalue weighted by molar-refractivity contribution is -0.00997. The van der Waals surface area contributed by atoms with Crippen molar-refractivity contribution < 1.29 is 28.2 Å². The van der Waals surface area contributed by atoms with Crippen molar-refractivity contribution >= 4 is 12.2 Å². The standard InChI is InChI=1S/C29H39FN4O5/c1-7-37-25(35)33-15-12-29(13-16-33)23-22(21-19(30)9-8-10-20(21)38-29)31-24(32-23)18-11-14-34(28(5,6)17-18)26(36)39-27(2,3)4/h8-10,18H,7,11-17H2,1-6H3,(H,31,32). The Kier molecular flexibility index (Phi) is 6.79. The van der Waals surface area contributed by atoms with Crippen LogP contribution in [-0.2, 0) is 15.1 Å². The summed E-state index contributed by atoms with van der Waals surface area (Å²) in [6.45, 7) is 13.2. The Labute approximate surface area is 229 Å². The minimum absolute atomic E-state index is 0.0381. The minimum Gasteiger partial charge on any atom is -0.480 e. The van der Waals surface area contributed by atoms with E-state index < -0.39 is 16.7 Å². The molecule has 39 heavy (non-hydrogen) atoms. The molecular weight excluding hydrogens is 503 g/mol. The van der Waals surface area contributed by atoms with Crippen molar-refractivity contribution in [3.8, 4) is 17.0 Å².